The van der Waals surface area contributed by atoms with Gasteiger partial charge in [0.25, 0.3) is 0 Å². The molecule has 2 rings (SSSR count). The second kappa shape index (κ2) is 8.47. The maximum atomic E-state index is 12.1. The Morgan fingerprint density at radius 2 is 1.87 bits per heavy atom. The first-order valence-corrected chi connectivity index (χ1v) is 10.3. The molecule has 1 aliphatic heterocycles. The van der Waals surface area contributed by atoms with Gasteiger partial charge in [-0.15, -0.1) is 0 Å². The Hall–Kier alpha value is -0.620. The fourth-order valence-electron chi connectivity index (χ4n) is 3.38. The minimum Gasteiger partial charge on any atom is -0.303 e. The Morgan fingerprint density at radius 1 is 1.22 bits per heavy atom. The summed E-state index contributed by atoms with van der Waals surface area (Å²) in [4.78, 5) is 2.45. The fourth-order valence-corrected chi connectivity index (χ4v) is 4.88. The highest BCUT2D eigenvalue weighted by atomic mass is 35.5. The molecule has 4 nitrogen and oxygen atoms in total. The lowest BCUT2D eigenvalue weighted by Gasteiger charge is -2.34. The standard InChI is InChI=1S/C17H27ClN2O2S/c1-14-10-15(2)12-20(11-14)9-5-8-19-23(21,22)13-16-6-3-4-7-17(16)18/h3-4,6-7,14-15,19H,5,8-13H2,1-2H3/t14-,15+. The summed E-state index contributed by atoms with van der Waals surface area (Å²) in [6.45, 7) is 8.24. The molecule has 130 valence electrons. The van der Waals surface area contributed by atoms with Crippen molar-refractivity contribution in [3.05, 3.63) is 34.9 Å². The Labute approximate surface area is 145 Å². The first-order valence-electron chi connectivity index (χ1n) is 8.29. The third kappa shape index (κ3) is 6.42. The Kier molecular flexibility index (Phi) is 6.89. The smallest absolute Gasteiger partial charge is 0.215 e. The van der Waals surface area contributed by atoms with Gasteiger partial charge in [-0.25, -0.2) is 13.1 Å². The molecule has 1 aromatic carbocycles. The van der Waals surface area contributed by atoms with Crippen LogP contribution in [-0.4, -0.2) is 39.5 Å². The summed E-state index contributed by atoms with van der Waals surface area (Å²) in [6.07, 6.45) is 2.13. The molecule has 1 N–H and O–H groups in total. The molecule has 1 heterocycles. The van der Waals surface area contributed by atoms with Gasteiger partial charge in [0.15, 0.2) is 0 Å². The molecule has 0 bridgehead atoms. The zero-order valence-electron chi connectivity index (χ0n) is 14.0. The number of piperidine rings is 1. The van der Waals surface area contributed by atoms with E-state index in [0.717, 1.165) is 37.9 Å². The van der Waals surface area contributed by atoms with Crippen LogP contribution in [0.3, 0.4) is 0 Å². The van der Waals surface area contributed by atoms with Crippen LogP contribution >= 0.6 is 11.6 Å². The van der Waals surface area contributed by atoms with E-state index in [-0.39, 0.29) is 5.75 Å². The van der Waals surface area contributed by atoms with Gasteiger partial charge in [-0.2, -0.15) is 0 Å². The van der Waals surface area contributed by atoms with E-state index in [0.29, 0.717) is 17.1 Å². The number of likely N-dealkylation sites (tertiary alicyclic amines) is 1. The van der Waals surface area contributed by atoms with Gasteiger partial charge in [0.05, 0.1) is 5.75 Å². The summed E-state index contributed by atoms with van der Waals surface area (Å²) in [5, 5.41) is 0.495. The molecule has 0 saturated carbocycles. The Balaban J connectivity index is 1.74. The van der Waals surface area contributed by atoms with Gasteiger partial charge < -0.3 is 4.90 Å². The number of hydrogen-bond donors (Lipinski definition) is 1. The average molecular weight is 359 g/mol. The number of sulfonamides is 1. The molecule has 0 radical (unpaired) electrons. The van der Waals surface area contributed by atoms with Crippen molar-refractivity contribution in [2.24, 2.45) is 11.8 Å². The molecule has 2 atom stereocenters. The normalized spacial score (nSPS) is 23.1. The van der Waals surface area contributed by atoms with Gasteiger partial charge >= 0.3 is 0 Å². The largest absolute Gasteiger partial charge is 0.303 e. The Morgan fingerprint density at radius 3 is 2.52 bits per heavy atom. The molecule has 6 heteroatoms. The molecule has 1 aromatic rings. The topological polar surface area (TPSA) is 49.4 Å². The first kappa shape index (κ1) is 18.7. The van der Waals surface area contributed by atoms with E-state index < -0.39 is 10.0 Å². The summed E-state index contributed by atoms with van der Waals surface area (Å²) in [5.41, 5.74) is 0.639. The summed E-state index contributed by atoms with van der Waals surface area (Å²) in [7, 11) is -3.33. The highest BCUT2D eigenvalue weighted by Crippen LogP contribution is 2.21. The maximum Gasteiger partial charge on any atom is 0.215 e. The molecule has 0 unspecified atom stereocenters. The molecule has 23 heavy (non-hydrogen) atoms. The van der Waals surface area contributed by atoms with Crippen molar-refractivity contribution in [3.63, 3.8) is 0 Å². The molecule has 0 aliphatic carbocycles. The molecule has 0 amide bonds. The zero-order valence-corrected chi connectivity index (χ0v) is 15.5. The molecule has 0 aromatic heterocycles. The van der Waals surface area contributed by atoms with Gasteiger partial charge in [-0.1, -0.05) is 43.6 Å². The van der Waals surface area contributed by atoms with Gasteiger partial charge in [0.2, 0.25) is 10.0 Å². The number of hydrogen-bond acceptors (Lipinski definition) is 3. The van der Waals surface area contributed by atoms with Crippen molar-refractivity contribution in [1.82, 2.24) is 9.62 Å². The van der Waals surface area contributed by atoms with Crippen LogP contribution in [0.15, 0.2) is 24.3 Å². The second-order valence-electron chi connectivity index (χ2n) is 6.80. The average Bonchev–Trinajstić information content (AvgIpc) is 2.45. The van der Waals surface area contributed by atoms with E-state index in [2.05, 4.69) is 23.5 Å². The monoisotopic (exact) mass is 358 g/mol. The lowest BCUT2D eigenvalue weighted by Crippen LogP contribution is -2.40. The predicted molar refractivity (Wildman–Crippen MR) is 96.1 cm³/mol. The van der Waals surface area contributed by atoms with Gasteiger partial charge in [0.1, 0.15) is 0 Å². The molecule has 1 aliphatic rings. The highest BCUT2D eigenvalue weighted by Gasteiger charge is 2.21. The molecule has 1 saturated heterocycles. The van der Waals surface area contributed by atoms with Crippen molar-refractivity contribution in [3.8, 4) is 0 Å². The minimum atomic E-state index is -3.33. The predicted octanol–water partition coefficient (Wildman–Crippen LogP) is 3.13. The van der Waals surface area contributed by atoms with Gasteiger partial charge in [-0.3, -0.25) is 0 Å². The first-order chi connectivity index (χ1) is 10.9. The van der Waals surface area contributed by atoms with Crippen LogP contribution in [0.4, 0.5) is 0 Å². The van der Waals surface area contributed by atoms with E-state index in [4.69, 9.17) is 11.6 Å². The number of rotatable bonds is 7. The number of nitrogens with one attached hydrogen (secondary N) is 1. The van der Waals surface area contributed by atoms with Crippen LogP contribution in [-0.2, 0) is 15.8 Å². The van der Waals surface area contributed by atoms with Crippen LogP contribution in [0, 0.1) is 11.8 Å². The van der Waals surface area contributed by atoms with Gasteiger partial charge in [-0.05, 0) is 42.9 Å². The third-order valence-electron chi connectivity index (χ3n) is 4.22. The van der Waals surface area contributed by atoms with Crippen LogP contribution in [0.5, 0.6) is 0 Å². The van der Waals surface area contributed by atoms with Crippen molar-refractivity contribution < 1.29 is 8.42 Å². The van der Waals surface area contributed by atoms with Crippen LogP contribution in [0.2, 0.25) is 5.02 Å². The van der Waals surface area contributed by atoms with Crippen LogP contribution < -0.4 is 4.72 Å². The maximum absolute atomic E-state index is 12.1. The number of nitrogens with zero attached hydrogens (tertiary/aromatic N) is 1. The van der Waals surface area contributed by atoms with Crippen molar-refractivity contribution in [1.29, 1.82) is 0 Å². The summed E-state index contributed by atoms with van der Waals surface area (Å²) >= 11 is 6.02. The molecule has 0 spiro atoms. The fraction of sp³-hybridized carbons (Fsp3) is 0.647. The minimum absolute atomic E-state index is 0.0650. The summed E-state index contributed by atoms with van der Waals surface area (Å²) < 4.78 is 26.9. The lowest BCUT2D eigenvalue weighted by atomic mass is 9.92. The van der Waals surface area contributed by atoms with E-state index in [1.807, 2.05) is 0 Å². The Bertz CT molecular complexity index is 596. The molecular weight excluding hydrogens is 332 g/mol. The summed E-state index contributed by atoms with van der Waals surface area (Å²) in [5.74, 6) is 1.40. The van der Waals surface area contributed by atoms with Crippen molar-refractivity contribution in [2.45, 2.75) is 32.4 Å². The summed E-state index contributed by atoms with van der Waals surface area (Å²) in [6, 6.07) is 7.06. The molecule has 1 fully saturated rings. The second-order valence-corrected chi connectivity index (χ2v) is 9.02. The van der Waals surface area contributed by atoms with E-state index in [9.17, 15) is 8.42 Å². The van der Waals surface area contributed by atoms with Crippen molar-refractivity contribution in [2.75, 3.05) is 26.2 Å². The third-order valence-corrected chi connectivity index (χ3v) is 5.92. The van der Waals surface area contributed by atoms with Crippen LogP contribution in [0.25, 0.3) is 0 Å². The quantitative estimate of drug-likeness (QED) is 0.762. The highest BCUT2D eigenvalue weighted by molar-refractivity contribution is 7.88. The number of benzene rings is 1. The van der Waals surface area contributed by atoms with Crippen molar-refractivity contribution >= 4 is 21.6 Å². The SMILES string of the molecule is C[C@@H]1C[C@H](C)CN(CCCNS(=O)(=O)Cc2ccccc2Cl)C1. The van der Waals surface area contributed by atoms with E-state index >= 15 is 0 Å². The lowest BCUT2D eigenvalue weighted by molar-refractivity contribution is 0.140. The van der Waals surface area contributed by atoms with Crippen LogP contribution in [0.1, 0.15) is 32.3 Å². The van der Waals surface area contributed by atoms with Gasteiger partial charge in [0, 0.05) is 24.7 Å². The zero-order chi connectivity index (χ0) is 16.9. The molecular formula is C17H27ClN2O2S. The number of halogens is 1. The van der Waals surface area contributed by atoms with E-state index in [1.54, 1.807) is 24.3 Å². The van der Waals surface area contributed by atoms with E-state index in [1.165, 1.54) is 6.42 Å².